The van der Waals surface area contributed by atoms with Crippen molar-refractivity contribution in [2.75, 3.05) is 7.05 Å². The number of aromatic amines is 1. The maximum absolute atomic E-state index is 13.1. The number of nitrogens with one attached hydrogen (secondary N) is 1. The second-order valence-electron chi connectivity index (χ2n) is 4.27. The molecule has 0 saturated heterocycles. The first kappa shape index (κ1) is 14.6. The minimum absolute atomic E-state index is 0.0178. The molecule has 20 heavy (non-hydrogen) atoms. The van der Waals surface area contributed by atoms with Crippen LogP contribution < -0.4 is 0 Å². The molecule has 2 aromatic rings. The highest BCUT2D eigenvalue weighted by molar-refractivity contribution is 7.89. The molecule has 108 valence electrons. The number of H-pyrrole nitrogens is 1. The first-order valence-corrected chi connectivity index (χ1v) is 7.23. The van der Waals surface area contributed by atoms with Gasteiger partial charge in [-0.1, -0.05) is 12.1 Å². The highest BCUT2D eigenvalue weighted by atomic mass is 32.2. The highest BCUT2D eigenvalue weighted by Gasteiger charge is 2.25. The monoisotopic (exact) mass is 299 g/mol. The van der Waals surface area contributed by atoms with Gasteiger partial charge in [-0.25, -0.2) is 12.8 Å². The fourth-order valence-electron chi connectivity index (χ4n) is 1.77. The van der Waals surface area contributed by atoms with E-state index in [2.05, 4.69) is 10.2 Å². The van der Waals surface area contributed by atoms with Crippen LogP contribution in [0.15, 0.2) is 35.5 Å². The summed E-state index contributed by atoms with van der Waals surface area (Å²) in [5.74, 6) is -0.425. The van der Waals surface area contributed by atoms with Crippen LogP contribution in [0, 0.1) is 5.82 Å². The van der Waals surface area contributed by atoms with Crippen molar-refractivity contribution < 1.29 is 17.9 Å². The van der Waals surface area contributed by atoms with Crippen LogP contribution in [0.5, 0.6) is 0 Å². The molecule has 0 bridgehead atoms. The van der Waals surface area contributed by atoms with Crippen molar-refractivity contribution in [2.24, 2.45) is 0 Å². The first-order chi connectivity index (χ1) is 9.45. The molecule has 1 aromatic heterocycles. The van der Waals surface area contributed by atoms with Crippen LogP contribution in [-0.4, -0.2) is 35.1 Å². The first-order valence-electron chi connectivity index (χ1n) is 5.79. The van der Waals surface area contributed by atoms with Gasteiger partial charge in [0.2, 0.25) is 0 Å². The maximum atomic E-state index is 13.1. The minimum atomic E-state index is -3.82. The lowest BCUT2D eigenvalue weighted by molar-refractivity contribution is 0.278. The molecule has 0 unspecified atom stereocenters. The summed E-state index contributed by atoms with van der Waals surface area (Å²) in [4.78, 5) is 0. The molecule has 0 fully saturated rings. The summed E-state index contributed by atoms with van der Waals surface area (Å²) in [6.45, 7) is -0.414. The average molecular weight is 299 g/mol. The molecule has 8 heteroatoms. The SMILES string of the molecule is CN(Cc1cccc(F)c1)S(=O)(=O)c1[nH]ncc1CO. The highest BCUT2D eigenvalue weighted by Crippen LogP contribution is 2.18. The van der Waals surface area contributed by atoms with E-state index in [0.29, 0.717) is 5.56 Å². The summed E-state index contributed by atoms with van der Waals surface area (Å²) < 4.78 is 38.8. The van der Waals surface area contributed by atoms with E-state index < -0.39 is 22.4 Å². The molecular weight excluding hydrogens is 285 g/mol. The molecular formula is C12H14FN3O3S. The zero-order valence-corrected chi connectivity index (χ0v) is 11.6. The number of benzene rings is 1. The van der Waals surface area contributed by atoms with Crippen molar-refractivity contribution in [2.45, 2.75) is 18.2 Å². The van der Waals surface area contributed by atoms with Crippen LogP contribution in [0.2, 0.25) is 0 Å². The number of aliphatic hydroxyl groups is 1. The van der Waals surface area contributed by atoms with E-state index in [1.165, 1.54) is 31.4 Å². The second kappa shape index (κ2) is 5.70. The summed E-state index contributed by atoms with van der Waals surface area (Å²) in [5, 5.41) is 14.9. The normalized spacial score (nSPS) is 12.0. The average Bonchev–Trinajstić information content (AvgIpc) is 2.87. The molecule has 0 aliphatic heterocycles. The van der Waals surface area contributed by atoms with Crippen LogP contribution in [0.1, 0.15) is 11.1 Å². The van der Waals surface area contributed by atoms with Crippen molar-refractivity contribution in [3.8, 4) is 0 Å². The van der Waals surface area contributed by atoms with Gasteiger partial charge in [0.25, 0.3) is 10.0 Å². The van der Waals surface area contributed by atoms with Gasteiger partial charge in [-0.2, -0.15) is 9.40 Å². The van der Waals surface area contributed by atoms with Crippen molar-refractivity contribution >= 4 is 10.0 Å². The van der Waals surface area contributed by atoms with E-state index >= 15 is 0 Å². The fourth-order valence-corrected chi connectivity index (χ4v) is 3.02. The lowest BCUT2D eigenvalue weighted by Crippen LogP contribution is -2.27. The Bertz CT molecular complexity index is 699. The van der Waals surface area contributed by atoms with Gasteiger partial charge in [-0.05, 0) is 17.7 Å². The van der Waals surface area contributed by atoms with Gasteiger partial charge in [0.05, 0.1) is 12.8 Å². The summed E-state index contributed by atoms with van der Waals surface area (Å²) in [5.41, 5.74) is 0.720. The number of halogens is 1. The molecule has 2 N–H and O–H groups in total. The lowest BCUT2D eigenvalue weighted by Gasteiger charge is -2.16. The molecule has 0 aliphatic rings. The van der Waals surface area contributed by atoms with E-state index in [1.807, 2.05) is 0 Å². The molecule has 0 saturated carbocycles. The number of hydrogen-bond donors (Lipinski definition) is 2. The molecule has 0 atom stereocenters. The summed E-state index contributed by atoms with van der Waals surface area (Å²) >= 11 is 0. The minimum Gasteiger partial charge on any atom is -0.392 e. The fraction of sp³-hybridized carbons (Fsp3) is 0.250. The molecule has 1 aromatic carbocycles. The number of sulfonamides is 1. The summed E-state index contributed by atoms with van der Waals surface area (Å²) in [7, 11) is -2.44. The zero-order valence-electron chi connectivity index (χ0n) is 10.7. The molecule has 6 nitrogen and oxygen atoms in total. The topological polar surface area (TPSA) is 86.3 Å². The van der Waals surface area contributed by atoms with E-state index in [-0.39, 0.29) is 17.1 Å². The standard InChI is InChI=1S/C12H14FN3O3S/c1-16(7-9-3-2-4-11(13)5-9)20(18,19)12-10(8-17)6-14-15-12/h2-6,17H,7-8H2,1H3,(H,14,15). The lowest BCUT2D eigenvalue weighted by atomic mass is 10.2. The van der Waals surface area contributed by atoms with Gasteiger partial charge < -0.3 is 5.11 Å². The Morgan fingerprint density at radius 1 is 1.45 bits per heavy atom. The Hall–Kier alpha value is -1.77. The third kappa shape index (κ3) is 2.87. The Morgan fingerprint density at radius 3 is 2.85 bits per heavy atom. The van der Waals surface area contributed by atoms with Gasteiger partial charge in [0.1, 0.15) is 5.82 Å². The maximum Gasteiger partial charge on any atom is 0.260 e. The van der Waals surface area contributed by atoms with E-state index in [0.717, 1.165) is 4.31 Å². The van der Waals surface area contributed by atoms with Gasteiger partial charge in [0.15, 0.2) is 5.03 Å². The Labute approximate surface area is 115 Å². The number of aromatic nitrogens is 2. The summed E-state index contributed by atoms with van der Waals surface area (Å²) in [6, 6.07) is 5.71. The van der Waals surface area contributed by atoms with Crippen molar-refractivity contribution in [1.29, 1.82) is 0 Å². The third-order valence-corrected chi connectivity index (χ3v) is 4.63. The number of hydrogen-bond acceptors (Lipinski definition) is 4. The number of nitrogens with zero attached hydrogens (tertiary/aromatic N) is 2. The van der Waals surface area contributed by atoms with Crippen molar-refractivity contribution in [1.82, 2.24) is 14.5 Å². The predicted molar refractivity (Wildman–Crippen MR) is 69.6 cm³/mol. The molecule has 0 aliphatic carbocycles. The van der Waals surface area contributed by atoms with E-state index in [4.69, 9.17) is 5.11 Å². The Kier molecular flexibility index (Phi) is 4.17. The molecule has 0 amide bonds. The predicted octanol–water partition coefficient (Wildman–Crippen LogP) is 0.862. The molecule has 0 spiro atoms. The Morgan fingerprint density at radius 2 is 2.20 bits per heavy atom. The molecule has 2 rings (SSSR count). The van der Waals surface area contributed by atoms with Crippen LogP contribution >= 0.6 is 0 Å². The van der Waals surface area contributed by atoms with Crippen LogP contribution in [0.25, 0.3) is 0 Å². The number of aliphatic hydroxyl groups excluding tert-OH is 1. The summed E-state index contributed by atoms with van der Waals surface area (Å²) in [6.07, 6.45) is 1.25. The van der Waals surface area contributed by atoms with Crippen LogP contribution in [-0.2, 0) is 23.2 Å². The van der Waals surface area contributed by atoms with Crippen molar-refractivity contribution in [3.63, 3.8) is 0 Å². The quantitative estimate of drug-likeness (QED) is 0.857. The van der Waals surface area contributed by atoms with E-state index in [1.54, 1.807) is 6.07 Å². The van der Waals surface area contributed by atoms with E-state index in [9.17, 15) is 12.8 Å². The molecule has 1 heterocycles. The van der Waals surface area contributed by atoms with Gasteiger partial charge in [-0.15, -0.1) is 0 Å². The second-order valence-corrected chi connectivity index (χ2v) is 6.26. The van der Waals surface area contributed by atoms with Gasteiger partial charge in [0, 0.05) is 19.2 Å². The third-order valence-electron chi connectivity index (χ3n) is 2.81. The van der Waals surface area contributed by atoms with Crippen LogP contribution in [0.3, 0.4) is 0 Å². The number of rotatable bonds is 5. The Balaban J connectivity index is 2.26. The van der Waals surface area contributed by atoms with Crippen LogP contribution in [0.4, 0.5) is 4.39 Å². The molecule has 0 radical (unpaired) electrons. The zero-order chi connectivity index (χ0) is 14.8. The van der Waals surface area contributed by atoms with Gasteiger partial charge in [-0.3, -0.25) is 5.10 Å². The smallest absolute Gasteiger partial charge is 0.260 e. The largest absolute Gasteiger partial charge is 0.392 e. The van der Waals surface area contributed by atoms with Gasteiger partial charge >= 0.3 is 0 Å². The van der Waals surface area contributed by atoms with Crippen molar-refractivity contribution in [3.05, 3.63) is 47.4 Å².